The monoisotopic (exact) mass is 409 g/mol. The number of rotatable bonds is 19. The van der Waals surface area contributed by atoms with Crippen molar-refractivity contribution in [3.05, 3.63) is 12.7 Å². The van der Waals surface area contributed by atoms with Gasteiger partial charge in [-0.1, -0.05) is 83.6 Å². The van der Waals surface area contributed by atoms with Gasteiger partial charge in [-0.15, -0.1) is 6.58 Å². The second-order valence-electron chi connectivity index (χ2n) is 6.89. The maximum atomic E-state index is 11.9. The third-order valence-electron chi connectivity index (χ3n) is 4.21. The Kier molecular flexibility index (Phi) is 25.1. The molecule has 0 aliphatic rings. The normalized spacial score (nSPS) is 11.1. The predicted molar refractivity (Wildman–Crippen MR) is 115 cm³/mol. The van der Waals surface area contributed by atoms with Crippen molar-refractivity contribution in [2.24, 2.45) is 5.73 Å². The second kappa shape index (κ2) is 23.6. The van der Waals surface area contributed by atoms with Crippen molar-refractivity contribution < 1.29 is 17.0 Å². The maximum Gasteiger partial charge on any atom is 0.267 e. The van der Waals surface area contributed by atoms with Crippen molar-refractivity contribution in [2.45, 2.75) is 96.8 Å². The first kappa shape index (κ1) is 28.7. The van der Waals surface area contributed by atoms with E-state index in [1.807, 2.05) is 0 Å². The molecule has 4 nitrogen and oxygen atoms in total. The highest BCUT2D eigenvalue weighted by Gasteiger charge is 2.10. The van der Waals surface area contributed by atoms with Gasteiger partial charge in [0.05, 0.1) is 19.0 Å². The van der Waals surface area contributed by atoms with E-state index in [0.29, 0.717) is 26.0 Å². The van der Waals surface area contributed by atoms with Gasteiger partial charge in [0.1, 0.15) is 0 Å². The Hall–Kier alpha value is -0.460. The maximum absolute atomic E-state index is 11.9. The molecule has 0 bridgehead atoms. The fourth-order valence-electron chi connectivity index (χ4n) is 2.56. The summed E-state index contributed by atoms with van der Waals surface area (Å²) in [6, 6.07) is 0. The zero-order chi connectivity index (χ0) is 20.6. The summed E-state index contributed by atoms with van der Waals surface area (Å²) in [5.41, 5.74) is 4.91. The molecule has 164 valence electrons. The Morgan fingerprint density at radius 3 is 1.78 bits per heavy atom. The highest BCUT2D eigenvalue weighted by molar-refractivity contribution is 7.86. The molecule has 2 N–H and O–H groups in total. The minimum Gasteiger partial charge on any atom is -0.327 e. The lowest BCUT2D eigenvalue weighted by atomic mass is 10.1. The van der Waals surface area contributed by atoms with Gasteiger partial charge in [-0.2, -0.15) is 8.42 Å². The van der Waals surface area contributed by atoms with Crippen LogP contribution in [0.15, 0.2) is 12.7 Å². The molecule has 27 heavy (non-hydrogen) atoms. The summed E-state index contributed by atoms with van der Waals surface area (Å²) in [7, 11) is -3.36. The summed E-state index contributed by atoms with van der Waals surface area (Å²) < 4.78 is 40.3. The Bertz CT molecular complexity index is 389. The molecule has 0 fully saturated rings. The van der Waals surface area contributed by atoms with Crippen LogP contribution in [0.4, 0.5) is 4.39 Å². The van der Waals surface area contributed by atoms with Crippen molar-refractivity contribution in [3.8, 4) is 0 Å². The van der Waals surface area contributed by atoms with Crippen LogP contribution in [0.25, 0.3) is 0 Å². The summed E-state index contributed by atoms with van der Waals surface area (Å²) in [5, 5.41) is 0. The molecule has 0 spiro atoms. The van der Waals surface area contributed by atoms with E-state index in [1.54, 1.807) is 6.08 Å². The highest BCUT2D eigenvalue weighted by Crippen LogP contribution is 2.10. The van der Waals surface area contributed by atoms with Gasteiger partial charge in [0.15, 0.2) is 0 Å². The molecular formula is C21H44FNO3S. The number of hydrogen-bond acceptors (Lipinski definition) is 4. The van der Waals surface area contributed by atoms with Gasteiger partial charge in [-0.25, -0.2) is 0 Å². The first-order chi connectivity index (χ1) is 13.0. The average molecular weight is 410 g/mol. The Morgan fingerprint density at radius 2 is 1.30 bits per heavy atom. The molecule has 0 amide bonds. The SMILES string of the molecule is C=CCN.CCCCCCCCCCCOS(=O)(=O)CCCCCCCF. The summed E-state index contributed by atoms with van der Waals surface area (Å²) in [6.45, 7) is 6.20. The molecule has 0 aromatic carbocycles. The first-order valence-electron chi connectivity index (χ1n) is 10.8. The van der Waals surface area contributed by atoms with E-state index in [2.05, 4.69) is 13.5 Å². The minimum atomic E-state index is -3.36. The number of nitrogens with two attached hydrogens (primary N) is 1. The highest BCUT2D eigenvalue weighted by atomic mass is 32.2. The fourth-order valence-corrected chi connectivity index (χ4v) is 3.61. The molecule has 0 atom stereocenters. The molecule has 0 aromatic rings. The zero-order valence-corrected chi connectivity index (χ0v) is 18.4. The Morgan fingerprint density at radius 1 is 0.852 bits per heavy atom. The summed E-state index contributed by atoms with van der Waals surface area (Å²) in [5.74, 6) is 0.0973. The average Bonchev–Trinajstić information content (AvgIpc) is 2.66. The van der Waals surface area contributed by atoms with Crippen molar-refractivity contribution >= 4 is 10.1 Å². The van der Waals surface area contributed by atoms with E-state index in [1.165, 1.54) is 44.9 Å². The molecule has 0 aliphatic heterocycles. The number of unbranched alkanes of at least 4 members (excludes halogenated alkanes) is 12. The molecular weight excluding hydrogens is 365 g/mol. The number of halogens is 1. The van der Waals surface area contributed by atoms with Gasteiger partial charge in [-0.3, -0.25) is 8.57 Å². The lowest BCUT2D eigenvalue weighted by Gasteiger charge is -2.06. The quantitative estimate of drug-likeness (QED) is 0.163. The fraction of sp³-hybridized carbons (Fsp3) is 0.905. The third kappa shape index (κ3) is 27.9. The summed E-state index contributed by atoms with van der Waals surface area (Å²) in [6.07, 6.45) is 16.3. The summed E-state index contributed by atoms with van der Waals surface area (Å²) >= 11 is 0. The molecule has 0 aromatic heterocycles. The minimum absolute atomic E-state index is 0.0973. The Balaban J connectivity index is 0. The molecule has 0 rings (SSSR count). The van der Waals surface area contributed by atoms with Crippen LogP contribution in [-0.4, -0.2) is 34.0 Å². The predicted octanol–water partition coefficient (Wildman–Crippen LogP) is 5.91. The van der Waals surface area contributed by atoms with Crippen LogP contribution < -0.4 is 5.73 Å². The lowest BCUT2D eigenvalue weighted by Crippen LogP contribution is -2.11. The second-order valence-corrected chi connectivity index (χ2v) is 8.65. The van der Waals surface area contributed by atoms with Gasteiger partial charge in [0.25, 0.3) is 10.1 Å². The van der Waals surface area contributed by atoms with Gasteiger partial charge in [0, 0.05) is 6.54 Å². The van der Waals surface area contributed by atoms with E-state index in [-0.39, 0.29) is 12.4 Å². The van der Waals surface area contributed by atoms with Crippen LogP contribution in [0.3, 0.4) is 0 Å². The smallest absolute Gasteiger partial charge is 0.267 e. The van der Waals surface area contributed by atoms with Crippen LogP contribution in [0.5, 0.6) is 0 Å². The van der Waals surface area contributed by atoms with E-state index in [4.69, 9.17) is 9.92 Å². The summed E-state index contributed by atoms with van der Waals surface area (Å²) in [4.78, 5) is 0. The van der Waals surface area contributed by atoms with Gasteiger partial charge < -0.3 is 5.73 Å². The van der Waals surface area contributed by atoms with Gasteiger partial charge in [-0.05, 0) is 19.3 Å². The van der Waals surface area contributed by atoms with E-state index in [9.17, 15) is 12.8 Å². The van der Waals surface area contributed by atoms with Crippen molar-refractivity contribution in [3.63, 3.8) is 0 Å². The number of hydrogen-bond donors (Lipinski definition) is 1. The van der Waals surface area contributed by atoms with E-state index >= 15 is 0 Å². The molecule has 0 heterocycles. The molecule has 0 aliphatic carbocycles. The van der Waals surface area contributed by atoms with Crippen LogP contribution >= 0.6 is 0 Å². The van der Waals surface area contributed by atoms with Crippen molar-refractivity contribution in [1.82, 2.24) is 0 Å². The van der Waals surface area contributed by atoms with Crippen LogP contribution in [-0.2, 0) is 14.3 Å². The van der Waals surface area contributed by atoms with Crippen LogP contribution in [0, 0.1) is 0 Å². The third-order valence-corrected chi connectivity index (χ3v) is 5.52. The van der Waals surface area contributed by atoms with E-state index in [0.717, 1.165) is 32.1 Å². The topological polar surface area (TPSA) is 69.4 Å². The van der Waals surface area contributed by atoms with Crippen molar-refractivity contribution in [1.29, 1.82) is 0 Å². The molecule has 0 saturated carbocycles. The largest absolute Gasteiger partial charge is 0.327 e. The zero-order valence-electron chi connectivity index (χ0n) is 17.6. The lowest BCUT2D eigenvalue weighted by molar-refractivity contribution is 0.305. The molecule has 0 radical (unpaired) electrons. The number of alkyl halides is 1. The molecule has 6 heteroatoms. The van der Waals surface area contributed by atoms with Gasteiger partial charge >= 0.3 is 0 Å². The van der Waals surface area contributed by atoms with E-state index < -0.39 is 10.1 Å². The van der Waals surface area contributed by atoms with Gasteiger partial charge in [0.2, 0.25) is 0 Å². The Labute approximate surface area is 168 Å². The molecule has 0 unspecified atom stereocenters. The van der Waals surface area contributed by atoms with Crippen molar-refractivity contribution in [2.75, 3.05) is 25.6 Å². The first-order valence-corrected chi connectivity index (χ1v) is 12.4. The van der Waals surface area contributed by atoms with Crippen LogP contribution in [0.1, 0.15) is 96.8 Å². The van der Waals surface area contributed by atoms with Crippen LogP contribution in [0.2, 0.25) is 0 Å². The standard InChI is InChI=1S/C18H37FO3S.C3H7N/c1-2-3-4-5-6-7-8-11-14-17-22-23(20,21)18-15-12-9-10-13-16-19;1-2-3-4/h2-18H2,1H3;2H,1,3-4H2. The molecule has 0 saturated heterocycles.